The second-order valence-corrected chi connectivity index (χ2v) is 9.12. The molecule has 0 amide bonds. The van der Waals surface area contributed by atoms with Gasteiger partial charge in [-0.15, -0.1) is 0 Å². The van der Waals surface area contributed by atoms with Crippen LogP contribution in [0.15, 0.2) is 60.9 Å². The van der Waals surface area contributed by atoms with Crippen molar-refractivity contribution in [3.05, 3.63) is 78.1 Å². The van der Waals surface area contributed by atoms with Gasteiger partial charge in [0.2, 0.25) is 0 Å². The van der Waals surface area contributed by atoms with Crippen LogP contribution in [0.1, 0.15) is 55.8 Å². The molecule has 1 aliphatic carbocycles. The molecule has 5 aromatic rings. The topological polar surface area (TPSA) is 54.5 Å². The van der Waals surface area contributed by atoms with E-state index in [0.29, 0.717) is 17.8 Å². The number of hydrogen-bond donors (Lipinski definition) is 1. The van der Waals surface area contributed by atoms with Crippen LogP contribution >= 0.6 is 0 Å². The van der Waals surface area contributed by atoms with Gasteiger partial charge in [-0.3, -0.25) is 9.97 Å². The molecule has 0 saturated heterocycles. The van der Waals surface area contributed by atoms with Crippen molar-refractivity contribution in [1.29, 1.82) is 0 Å². The van der Waals surface area contributed by atoms with Crippen LogP contribution in [0, 0.1) is 11.7 Å². The lowest BCUT2D eigenvalue weighted by Crippen LogP contribution is -2.19. The van der Waals surface area contributed by atoms with Crippen LogP contribution in [0.4, 0.5) is 4.39 Å². The molecule has 32 heavy (non-hydrogen) atoms. The minimum Gasteiger partial charge on any atom is -0.342 e. The number of fused-ring (bicyclic) bond motifs is 4. The highest BCUT2D eigenvalue weighted by Crippen LogP contribution is 2.43. The number of aromatic nitrogens is 4. The van der Waals surface area contributed by atoms with E-state index in [1.165, 1.54) is 11.6 Å². The molecule has 0 spiro atoms. The Balaban J connectivity index is 1.24. The smallest absolute Gasteiger partial charge is 0.123 e. The van der Waals surface area contributed by atoms with E-state index in [1.807, 2.05) is 18.5 Å². The molecule has 0 aliphatic heterocycles. The normalized spacial score (nSPS) is 20.2. The molecule has 1 fully saturated rings. The minimum atomic E-state index is -0.193. The fourth-order valence-electron chi connectivity index (χ4n) is 5.51. The lowest BCUT2D eigenvalue weighted by Gasteiger charge is -2.32. The number of imidazole rings is 1. The fraction of sp³-hybridized carbons (Fsp3) is 0.296. The van der Waals surface area contributed by atoms with Crippen molar-refractivity contribution in [1.82, 2.24) is 19.9 Å². The predicted molar refractivity (Wildman–Crippen MR) is 126 cm³/mol. The van der Waals surface area contributed by atoms with Crippen LogP contribution in [-0.2, 0) is 0 Å². The molecule has 160 valence electrons. The number of halogens is 1. The Morgan fingerprint density at radius 1 is 0.906 bits per heavy atom. The summed E-state index contributed by atoms with van der Waals surface area (Å²) in [5, 5.41) is 2.06. The maximum Gasteiger partial charge on any atom is 0.123 e. The van der Waals surface area contributed by atoms with Gasteiger partial charge in [0, 0.05) is 29.1 Å². The van der Waals surface area contributed by atoms with Gasteiger partial charge in [0.1, 0.15) is 11.6 Å². The zero-order valence-corrected chi connectivity index (χ0v) is 18.1. The standard InChI is InChI=1S/C27H25FN4/c1-16(27-31-25-11-10-23-21(26(25)32-27)3-2-13-29-23)17-4-6-18(7-5-17)20-12-14-30-24-9-8-19(28)15-22(20)24/h2-3,8-18H,4-7H2,1H3,(H,31,32)/t16?,17-,18+. The number of pyridine rings is 2. The molecule has 0 bridgehead atoms. The maximum absolute atomic E-state index is 13.9. The molecule has 5 heteroatoms. The molecule has 1 atom stereocenters. The van der Waals surface area contributed by atoms with Crippen LogP contribution in [0.3, 0.4) is 0 Å². The van der Waals surface area contributed by atoms with E-state index in [9.17, 15) is 4.39 Å². The summed E-state index contributed by atoms with van der Waals surface area (Å²) < 4.78 is 13.9. The first-order valence-corrected chi connectivity index (χ1v) is 11.4. The zero-order chi connectivity index (χ0) is 21.7. The first kappa shape index (κ1) is 19.4. The highest BCUT2D eigenvalue weighted by atomic mass is 19.1. The van der Waals surface area contributed by atoms with Gasteiger partial charge in [-0.05, 0) is 91.6 Å². The van der Waals surface area contributed by atoms with E-state index in [4.69, 9.17) is 4.98 Å². The van der Waals surface area contributed by atoms with E-state index in [-0.39, 0.29) is 5.82 Å². The van der Waals surface area contributed by atoms with Crippen LogP contribution in [-0.4, -0.2) is 19.9 Å². The number of benzene rings is 2. The van der Waals surface area contributed by atoms with Crippen LogP contribution in [0.5, 0.6) is 0 Å². The molecule has 1 saturated carbocycles. The van der Waals surface area contributed by atoms with E-state index < -0.39 is 0 Å². The lowest BCUT2D eigenvalue weighted by molar-refractivity contribution is 0.286. The Morgan fingerprint density at radius 2 is 1.69 bits per heavy atom. The summed E-state index contributed by atoms with van der Waals surface area (Å²) in [6.07, 6.45) is 8.19. The molecule has 0 radical (unpaired) electrons. The van der Waals surface area contributed by atoms with Gasteiger partial charge in [0.05, 0.1) is 22.1 Å². The number of rotatable bonds is 3. The number of nitrogens with one attached hydrogen (secondary N) is 1. The molecule has 2 aromatic carbocycles. The average Bonchev–Trinajstić information content (AvgIpc) is 3.28. The second-order valence-electron chi connectivity index (χ2n) is 9.12. The largest absolute Gasteiger partial charge is 0.342 e. The molecule has 1 N–H and O–H groups in total. The Morgan fingerprint density at radius 3 is 2.56 bits per heavy atom. The SMILES string of the molecule is CC(c1nc2c(ccc3ncccc32)[nH]1)[C@H]1CC[C@@H](c2ccnc3ccc(F)cc32)CC1. The molecular formula is C27H25FN4. The Labute approximate surface area is 185 Å². The van der Waals surface area contributed by atoms with Crippen molar-refractivity contribution >= 4 is 32.8 Å². The number of hydrogen-bond acceptors (Lipinski definition) is 3. The van der Waals surface area contributed by atoms with Crippen molar-refractivity contribution in [3.63, 3.8) is 0 Å². The highest BCUT2D eigenvalue weighted by Gasteiger charge is 2.29. The van der Waals surface area contributed by atoms with Crippen LogP contribution in [0.25, 0.3) is 32.8 Å². The van der Waals surface area contributed by atoms with E-state index in [0.717, 1.165) is 64.3 Å². The Kier molecular flexibility index (Phi) is 4.63. The molecule has 4 nitrogen and oxygen atoms in total. The summed E-state index contributed by atoms with van der Waals surface area (Å²) in [6.45, 7) is 2.29. The van der Waals surface area contributed by atoms with Crippen molar-refractivity contribution in [2.45, 2.75) is 44.4 Å². The van der Waals surface area contributed by atoms with Crippen LogP contribution in [0.2, 0.25) is 0 Å². The van der Waals surface area contributed by atoms with Gasteiger partial charge in [-0.2, -0.15) is 0 Å². The first-order chi connectivity index (χ1) is 15.7. The van der Waals surface area contributed by atoms with Crippen LogP contribution < -0.4 is 0 Å². The van der Waals surface area contributed by atoms with Gasteiger partial charge < -0.3 is 4.98 Å². The van der Waals surface area contributed by atoms with Gasteiger partial charge in [-0.1, -0.05) is 6.92 Å². The first-order valence-electron chi connectivity index (χ1n) is 11.4. The zero-order valence-electron chi connectivity index (χ0n) is 18.1. The van der Waals surface area contributed by atoms with E-state index >= 15 is 0 Å². The molecule has 1 unspecified atom stereocenters. The molecule has 1 aliphatic rings. The maximum atomic E-state index is 13.9. The highest BCUT2D eigenvalue weighted by molar-refractivity contribution is 6.02. The van der Waals surface area contributed by atoms with E-state index in [2.05, 4.69) is 46.1 Å². The summed E-state index contributed by atoms with van der Waals surface area (Å²) in [5.41, 5.74) is 5.18. The molecular weight excluding hydrogens is 399 g/mol. The molecule has 6 rings (SSSR count). The van der Waals surface area contributed by atoms with Gasteiger partial charge in [0.25, 0.3) is 0 Å². The number of nitrogens with zero attached hydrogens (tertiary/aromatic N) is 3. The summed E-state index contributed by atoms with van der Waals surface area (Å²) >= 11 is 0. The third-order valence-corrected chi connectivity index (χ3v) is 7.34. The van der Waals surface area contributed by atoms with Crippen molar-refractivity contribution in [2.75, 3.05) is 0 Å². The third kappa shape index (κ3) is 3.24. The predicted octanol–water partition coefficient (Wildman–Crippen LogP) is 6.88. The van der Waals surface area contributed by atoms with Gasteiger partial charge >= 0.3 is 0 Å². The summed E-state index contributed by atoms with van der Waals surface area (Å²) in [5.74, 6) is 2.28. The number of aromatic amines is 1. The van der Waals surface area contributed by atoms with Gasteiger partial charge in [0.15, 0.2) is 0 Å². The van der Waals surface area contributed by atoms with E-state index in [1.54, 1.807) is 12.1 Å². The Hall–Kier alpha value is -3.34. The summed E-state index contributed by atoms with van der Waals surface area (Å²) in [7, 11) is 0. The minimum absolute atomic E-state index is 0.193. The van der Waals surface area contributed by atoms with Gasteiger partial charge in [-0.25, -0.2) is 9.37 Å². The summed E-state index contributed by atoms with van der Waals surface area (Å²) in [6, 6.07) is 15.2. The van der Waals surface area contributed by atoms with Crippen molar-refractivity contribution < 1.29 is 4.39 Å². The third-order valence-electron chi connectivity index (χ3n) is 7.34. The number of H-pyrrole nitrogens is 1. The molecule has 3 heterocycles. The second kappa shape index (κ2) is 7.66. The molecule has 3 aromatic heterocycles. The quantitative estimate of drug-likeness (QED) is 0.344. The monoisotopic (exact) mass is 424 g/mol. The van der Waals surface area contributed by atoms with Crippen molar-refractivity contribution in [2.24, 2.45) is 5.92 Å². The summed E-state index contributed by atoms with van der Waals surface area (Å²) in [4.78, 5) is 17.4. The fourth-order valence-corrected chi connectivity index (χ4v) is 5.51. The Bertz CT molecular complexity index is 1430. The average molecular weight is 425 g/mol. The van der Waals surface area contributed by atoms with Crippen molar-refractivity contribution in [3.8, 4) is 0 Å². The lowest BCUT2D eigenvalue weighted by atomic mass is 9.73.